The molecule has 1 aliphatic rings. The van der Waals surface area contributed by atoms with Gasteiger partial charge in [0.15, 0.2) is 0 Å². The second kappa shape index (κ2) is 6.70. The summed E-state index contributed by atoms with van der Waals surface area (Å²) in [5, 5.41) is 0. The molecular weight excluding hydrogens is 355 g/mol. The summed E-state index contributed by atoms with van der Waals surface area (Å²) in [6, 6.07) is 5.18. The van der Waals surface area contributed by atoms with Crippen molar-refractivity contribution in [3.8, 4) is 5.75 Å². The Bertz CT molecular complexity index is 949. The third kappa shape index (κ3) is 4.13. The highest BCUT2D eigenvalue weighted by molar-refractivity contribution is 5.79. The van der Waals surface area contributed by atoms with Crippen molar-refractivity contribution in [2.75, 3.05) is 6.54 Å². The van der Waals surface area contributed by atoms with E-state index < -0.39 is 23.4 Å². The SMILES string of the molecule is O=C(Cc1cccc(OC(F)(F)F)c1)N1CCc2c([nH]c(=O)[nH]c2=O)C1. The number of hydrogen-bond acceptors (Lipinski definition) is 4. The van der Waals surface area contributed by atoms with Gasteiger partial charge in [0.05, 0.1) is 13.0 Å². The molecule has 1 aromatic carbocycles. The molecular formula is C16H14F3N3O4. The van der Waals surface area contributed by atoms with Gasteiger partial charge in [0.2, 0.25) is 5.91 Å². The number of ether oxygens (including phenoxy) is 1. The smallest absolute Gasteiger partial charge is 0.406 e. The van der Waals surface area contributed by atoms with Gasteiger partial charge in [-0.3, -0.25) is 14.6 Å². The Morgan fingerprint density at radius 3 is 2.73 bits per heavy atom. The van der Waals surface area contributed by atoms with Crippen LogP contribution in [0.5, 0.6) is 5.75 Å². The number of amides is 1. The maximum absolute atomic E-state index is 12.4. The van der Waals surface area contributed by atoms with Crippen molar-refractivity contribution in [2.24, 2.45) is 0 Å². The zero-order chi connectivity index (χ0) is 18.9. The van der Waals surface area contributed by atoms with Gasteiger partial charge >= 0.3 is 12.1 Å². The second-order valence-corrected chi connectivity index (χ2v) is 5.80. The normalized spacial score (nSPS) is 14.0. The third-order valence-electron chi connectivity index (χ3n) is 3.95. The molecule has 2 heterocycles. The standard InChI is InChI=1S/C16H14F3N3O4/c17-16(18,19)26-10-3-1-2-9(6-10)7-13(23)22-5-4-11-12(8-22)20-15(25)21-14(11)24/h1-3,6H,4-5,7-8H2,(H2,20,21,24,25). The van der Waals surface area contributed by atoms with Crippen molar-refractivity contribution < 1.29 is 22.7 Å². The Kier molecular flexibility index (Phi) is 4.58. The molecule has 1 aromatic heterocycles. The summed E-state index contributed by atoms with van der Waals surface area (Å²) in [5.74, 6) is -0.733. The maximum Gasteiger partial charge on any atom is 0.573 e. The number of nitrogens with one attached hydrogen (secondary N) is 2. The average molecular weight is 369 g/mol. The quantitative estimate of drug-likeness (QED) is 0.847. The first-order valence-electron chi connectivity index (χ1n) is 7.68. The summed E-state index contributed by atoms with van der Waals surface area (Å²) in [4.78, 5) is 41.6. The van der Waals surface area contributed by atoms with Gasteiger partial charge < -0.3 is 14.6 Å². The van der Waals surface area contributed by atoms with Crippen LogP contribution < -0.4 is 16.0 Å². The number of halogens is 3. The van der Waals surface area contributed by atoms with Crippen LogP contribution in [-0.2, 0) is 24.2 Å². The minimum absolute atomic E-state index is 0.0616. The van der Waals surface area contributed by atoms with Crippen molar-refractivity contribution in [3.05, 3.63) is 61.9 Å². The highest BCUT2D eigenvalue weighted by Gasteiger charge is 2.31. The van der Waals surface area contributed by atoms with Crippen LogP contribution in [0.3, 0.4) is 0 Å². The van der Waals surface area contributed by atoms with Crippen LogP contribution in [0.1, 0.15) is 16.8 Å². The number of aromatic amines is 2. The van der Waals surface area contributed by atoms with E-state index in [4.69, 9.17) is 0 Å². The zero-order valence-corrected chi connectivity index (χ0v) is 13.4. The summed E-state index contributed by atoms with van der Waals surface area (Å²) in [6.07, 6.45) is -4.65. The van der Waals surface area contributed by atoms with E-state index >= 15 is 0 Å². The predicted molar refractivity (Wildman–Crippen MR) is 83.6 cm³/mol. The number of hydrogen-bond donors (Lipinski definition) is 2. The molecule has 0 saturated carbocycles. The molecule has 1 amide bonds. The number of fused-ring (bicyclic) bond motifs is 1. The molecule has 26 heavy (non-hydrogen) atoms. The topological polar surface area (TPSA) is 95.3 Å². The maximum atomic E-state index is 12.4. The lowest BCUT2D eigenvalue weighted by atomic mass is 10.1. The van der Waals surface area contributed by atoms with E-state index in [1.807, 2.05) is 0 Å². The zero-order valence-electron chi connectivity index (χ0n) is 13.4. The van der Waals surface area contributed by atoms with E-state index in [-0.39, 0.29) is 31.8 Å². The Labute approximate surface area is 144 Å². The van der Waals surface area contributed by atoms with Crippen LogP contribution in [-0.4, -0.2) is 33.7 Å². The molecule has 0 spiro atoms. The molecule has 138 valence electrons. The lowest BCUT2D eigenvalue weighted by Gasteiger charge is -2.28. The third-order valence-corrected chi connectivity index (χ3v) is 3.95. The Morgan fingerprint density at radius 1 is 1.23 bits per heavy atom. The van der Waals surface area contributed by atoms with Crippen LogP contribution in [0, 0.1) is 0 Å². The predicted octanol–water partition coefficient (Wildman–Crippen LogP) is 1.09. The number of alkyl halides is 3. The van der Waals surface area contributed by atoms with Gasteiger partial charge in [0.1, 0.15) is 5.75 Å². The summed E-state index contributed by atoms with van der Waals surface area (Å²) >= 11 is 0. The van der Waals surface area contributed by atoms with E-state index in [1.165, 1.54) is 17.0 Å². The number of benzene rings is 1. The minimum Gasteiger partial charge on any atom is -0.406 e. The highest BCUT2D eigenvalue weighted by atomic mass is 19.4. The van der Waals surface area contributed by atoms with Crippen molar-refractivity contribution in [3.63, 3.8) is 0 Å². The number of nitrogens with zero attached hydrogens (tertiary/aromatic N) is 1. The Balaban J connectivity index is 1.72. The fourth-order valence-corrected chi connectivity index (χ4v) is 2.83. The van der Waals surface area contributed by atoms with E-state index in [2.05, 4.69) is 14.7 Å². The van der Waals surface area contributed by atoms with E-state index in [0.29, 0.717) is 16.8 Å². The lowest BCUT2D eigenvalue weighted by molar-refractivity contribution is -0.274. The summed E-state index contributed by atoms with van der Waals surface area (Å²) in [7, 11) is 0. The average Bonchev–Trinajstić information content (AvgIpc) is 2.52. The van der Waals surface area contributed by atoms with Crippen molar-refractivity contribution in [1.82, 2.24) is 14.9 Å². The first kappa shape index (κ1) is 17.8. The fourth-order valence-electron chi connectivity index (χ4n) is 2.83. The van der Waals surface area contributed by atoms with Gasteiger partial charge in [-0.25, -0.2) is 4.79 Å². The van der Waals surface area contributed by atoms with Crippen molar-refractivity contribution >= 4 is 5.91 Å². The summed E-state index contributed by atoms with van der Waals surface area (Å²) in [5.41, 5.74) is 0.0246. The number of carbonyl (C=O) groups is 1. The van der Waals surface area contributed by atoms with Crippen LogP contribution in [0.15, 0.2) is 33.9 Å². The van der Waals surface area contributed by atoms with E-state index in [1.54, 1.807) is 0 Å². The molecule has 0 fully saturated rings. The number of rotatable bonds is 3. The molecule has 0 radical (unpaired) electrons. The molecule has 0 bridgehead atoms. The van der Waals surface area contributed by atoms with Gasteiger partial charge in [-0.15, -0.1) is 13.2 Å². The van der Waals surface area contributed by atoms with Gasteiger partial charge in [0.25, 0.3) is 5.56 Å². The molecule has 3 rings (SSSR count). The van der Waals surface area contributed by atoms with Crippen LogP contribution >= 0.6 is 0 Å². The fraction of sp³-hybridized carbons (Fsp3) is 0.312. The first-order valence-corrected chi connectivity index (χ1v) is 7.68. The van der Waals surface area contributed by atoms with E-state index in [9.17, 15) is 27.6 Å². The van der Waals surface area contributed by atoms with Crippen LogP contribution in [0.2, 0.25) is 0 Å². The molecule has 10 heteroatoms. The molecule has 2 aromatic rings. The Morgan fingerprint density at radius 2 is 2.00 bits per heavy atom. The van der Waals surface area contributed by atoms with E-state index in [0.717, 1.165) is 12.1 Å². The molecule has 2 N–H and O–H groups in total. The number of aromatic nitrogens is 2. The first-order chi connectivity index (χ1) is 12.2. The second-order valence-electron chi connectivity index (χ2n) is 5.80. The van der Waals surface area contributed by atoms with Gasteiger partial charge in [-0.2, -0.15) is 0 Å². The van der Waals surface area contributed by atoms with Gasteiger partial charge in [0, 0.05) is 17.8 Å². The Hall–Kier alpha value is -3.04. The number of H-pyrrole nitrogens is 2. The monoisotopic (exact) mass is 369 g/mol. The highest BCUT2D eigenvalue weighted by Crippen LogP contribution is 2.24. The van der Waals surface area contributed by atoms with Crippen molar-refractivity contribution in [2.45, 2.75) is 25.7 Å². The molecule has 1 aliphatic heterocycles. The van der Waals surface area contributed by atoms with Crippen molar-refractivity contribution in [1.29, 1.82) is 0 Å². The molecule has 7 nitrogen and oxygen atoms in total. The summed E-state index contributed by atoms with van der Waals surface area (Å²) in [6.45, 7) is 0.339. The van der Waals surface area contributed by atoms with Gasteiger partial charge in [-0.05, 0) is 24.1 Å². The minimum atomic E-state index is -4.81. The molecule has 0 unspecified atom stereocenters. The largest absolute Gasteiger partial charge is 0.573 e. The van der Waals surface area contributed by atoms with Gasteiger partial charge in [-0.1, -0.05) is 12.1 Å². The lowest BCUT2D eigenvalue weighted by Crippen LogP contribution is -2.41. The van der Waals surface area contributed by atoms with Crippen LogP contribution in [0.4, 0.5) is 13.2 Å². The van der Waals surface area contributed by atoms with Crippen LogP contribution in [0.25, 0.3) is 0 Å². The molecule has 0 aliphatic carbocycles. The number of carbonyl (C=O) groups excluding carboxylic acids is 1. The summed E-state index contributed by atoms with van der Waals surface area (Å²) < 4.78 is 40.7. The molecule has 0 atom stereocenters. The molecule has 0 saturated heterocycles.